The van der Waals surface area contributed by atoms with Gasteiger partial charge in [-0.05, 0) is 44.9 Å². The van der Waals surface area contributed by atoms with E-state index < -0.39 is 17.8 Å². The van der Waals surface area contributed by atoms with Crippen molar-refractivity contribution in [1.82, 2.24) is 15.5 Å². The third-order valence-corrected chi connectivity index (χ3v) is 4.26. The molecule has 3 N–H and O–H groups in total. The number of amides is 2. The molecule has 1 fully saturated rings. The van der Waals surface area contributed by atoms with Crippen molar-refractivity contribution in [3.8, 4) is 0 Å². The Morgan fingerprint density at radius 2 is 1.87 bits per heavy atom. The topological polar surface area (TPSA) is 104 Å². The van der Waals surface area contributed by atoms with Crippen molar-refractivity contribution in [2.75, 3.05) is 32.6 Å². The Morgan fingerprint density at radius 1 is 1.20 bits per heavy atom. The summed E-state index contributed by atoms with van der Waals surface area (Å²) < 4.78 is 9.89. The van der Waals surface area contributed by atoms with E-state index >= 15 is 0 Å². The van der Waals surface area contributed by atoms with Crippen LogP contribution in [0.2, 0.25) is 0 Å². The molecule has 1 aromatic rings. The van der Waals surface area contributed by atoms with Gasteiger partial charge in [0.15, 0.2) is 5.96 Å². The molecule has 0 aromatic heterocycles. The Bertz CT molecular complexity index is 734. The van der Waals surface area contributed by atoms with Crippen molar-refractivity contribution < 1.29 is 19.1 Å². The lowest BCUT2D eigenvalue weighted by Crippen LogP contribution is -2.44. The minimum absolute atomic E-state index is 0. The van der Waals surface area contributed by atoms with Gasteiger partial charge < -0.3 is 25.0 Å². The first kappa shape index (κ1) is 25.8. The quantitative estimate of drug-likeness (QED) is 0.312. The number of methoxy groups -OCH3 is 1. The number of carbonyl (C=O) groups is 2. The first-order chi connectivity index (χ1) is 13.7. The summed E-state index contributed by atoms with van der Waals surface area (Å²) >= 11 is 0. The molecule has 1 saturated heterocycles. The van der Waals surface area contributed by atoms with Gasteiger partial charge in [-0.15, -0.1) is 24.0 Å². The maximum atomic E-state index is 12.0. The molecule has 1 aliphatic heterocycles. The molecular formula is C20H32IN5O4. The smallest absolute Gasteiger partial charge is 0.411 e. The zero-order valence-electron chi connectivity index (χ0n) is 18.2. The number of anilines is 1. The summed E-state index contributed by atoms with van der Waals surface area (Å²) in [5.74, 6) is 0.773. The van der Waals surface area contributed by atoms with Crippen LogP contribution in [0.5, 0.6) is 0 Å². The second kappa shape index (κ2) is 11.8. The van der Waals surface area contributed by atoms with Gasteiger partial charge in [0.2, 0.25) is 0 Å². The molecule has 1 aliphatic rings. The molecule has 0 bridgehead atoms. The summed E-state index contributed by atoms with van der Waals surface area (Å²) in [6, 6.07) is 7.48. The lowest BCUT2D eigenvalue weighted by atomic mass is 10.2. The summed E-state index contributed by atoms with van der Waals surface area (Å²) in [5, 5.41) is 8.86. The Hall–Kier alpha value is -2.24. The average molecular weight is 533 g/mol. The minimum Gasteiger partial charge on any atom is -0.453 e. The fourth-order valence-electron chi connectivity index (χ4n) is 2.93. The van der Waals surface area contributed by atoms with Crippen LogP contribution in [-0.2, 0) is 16.0 Å². The normalized spacial score (nSPS) is 16.4. The third-order valence-electron chi connectivity index (χ3n) is 4.26. The molecule has 1 heterocycles. The van der Waals surface area contributed by atoms with E-state index in [9.17, 15) is 9.59 Å². The van der Waals surface area contributed by atoms with Gasteiger partial charge in [0, 0.05) is 32.4 Å². The number of hydrogen-bond donors (Lipinski definition) is 3. The highest BCUT2D eigenvalue weighted by atomic mass is 127. The fraction of sp³-hybridized carbons (Fsp3) is 0.550. The summed E-state index contributed by atoms with van der Waals surface area (Å²) in [6.07, 6.45) is -0.0683. The van der Waals surface area contributed by atoms with E-state index in [0.29, 0.717) is 18.8 Å². The number of alkyl carbamates (subject to hydrolysis) is 1. The number of benzene rings is 1. The first-order valence-corrected chi connectivity index (χ1v) is 9.59. The number of carbonyl (C=O) groups excluding carboxylic acids is 2. The predicted molar refractivity (Wildman–Crippen MR) is 127 cm³/mol. The summed E-state index contributed by atoms with van der Waals surface area (Å²) in [4.78, 5) is 29.6. The molecule has 9 nitrogen and oxygen atoms in total. The Labute approximate surface area is 195 Å². The molecule has 30 heavy (non-hydrogen) atoms. The fourth-order valence-corrected chi connectivity index (χ4v) is 2.93. The molecule has 2 rings (SSSR count). The van der Waals surface area contributed by atoms with Crippen LogP contribution in [0.1, 0.15) is 32.8 Å². The van der Waals surface area contributed by atoms with Gasteiger partial charge in [-0.2, -0.15) is 0 Å². The predicted octanol–water partition coefficient (Wildman–Crippen LogP) is 3.16. The van der Waals surface area contributed by atoms with E-state index in [1.54, 1.807) is 7.05 Å². The van der Waals surface area contributed by atoms with Crippen LogP contribution in [0.4, 0.5) is 15.3 Å². The van der Waals surface area contributed by atoms with Gasteiger partial charge in [0.1, 0.15) is 5.60 Å². The van der Waals surface area contributed by atoms with E-state index in [0.717, 1.165) is 24.5 Å². The highest BCUT2D eigenvalue weighted by Gasteiger charge is 2.27. The van der Waals surface area contributed by atoms with Crippen molar-refractivity contribution >= 4 is 47.8 Å². The Morgan fingerprint density at radius 3 is 2.43 bits per heavy atom. The average Bonchev–Trinajstić information content (AvgIpc) is 3.10. The van der Waals surface area contributed by atoms with Crippen molar-refractivity contribution in [3.05, 3.63) is 29.8 Å². The molecule has 2 amide bonds. The highest BCUT2D eigenvalue weighted by Crippen LogP contribution is 2.13. The number of guanidine groups is 1. The van der Waals surface area contributed by atoms with Crippen molar-refractivity contribution in [2.24, 2.45) is 4.99 Å². The van der Waals surface area contributed by atoms with Crippen LogP contribution >= 0.6 is 24.0 Å². The van der Waals surface area contributed by atoms with Crippen molar-refractivity contribution in [3.63, 3.8) is 0 Å². The second-order valence-corrected chi connectivity index (χ2v) is 7.79. The monoisotopic (exact) mass is 533 g/mol. The number of likely N-dealkylation sites (tertiary alicyclic amines) is 1. The van der Waals surface area contributed by atoms with E-state index in [-0.39, 0.29) is 30.0 Å². The SMILES string of the molecule is CN=C(NCc1ccc(NC(=O)OC)cc1)N1CCC(NC(=O)OC(C)(C)C)C1.I. The molecule has 10 heteroatoms. The number of rotatable bonds is 4. The number of nitrogens with one attached hydrogen (secondary N) is 3. The first-order valence-electron chi connectivity index (χ1n) is 9.59. The largest absolute Gasteiger partial charge is 0.453 e. The van der Waals surface area contributed by atoms with Crippen molar-refractivity contribution in [2.45, 2.75) is 45.4 Å². The standard InChI is InChI=1S/C20H31N5O4.HI/c1-20(2,3)29-19(27)24-16-10-11-25(13-16)17(21-4)22-12-14-6-8-15(9-7-14)23-18(26)28-5;/h6-9,16H,10-13H2,1-5H3,(H,21,22)(H,23,26)(H,24,27);1H. The van der Waals surface area contributed by atoms with E-state index in [1.807, 2.05) is 45.0 Å². The van der Waals surface area contributed by atoms with Crippen molar-refractivity contribution in [1.29, 1.82) is 0 Å². The van der Waals surface area contributed by atoms with Gasteiger partial charge in [-0.25, -0.2) is 9.59 Å². The summed E-state index contributed by atoms with van der Waals surface area (Å²) in [7, 11) is 3.06. The van der Waals surface area contributed by atoms with Crippen LogP contribution in [0, 0.1) is 0 Å². The lowest BCUT2D eigenvalue weighted by molar-refractivity contribution is 0.0507. The highest BCUT2D eigenvalue weighted by molar-refractivity contribution is 14.0. The van der Waals surface area contributed by atoms with E-state index in [4.69, 9.17) is 4.74 Å². The zero-order valence-corrected chi connectivity index (χ0v) is 20.5. The van der Waals surface area contributed by atoms with Crippen LogP contribution in [0.15, 0.2) is 29.3 Å². The number of ether oxygens (including phenoxy) is 2. The molecular weight excluding hydrogens is 501 g/mol. The van der Waals surface area contributed by atoms with Gasteiger partial charge in [-0.1, -0.05) is 12.1 Å². The maximum absolute atomic E-state index is 12.0. The molecule has 168 valence electrons. The van der Waals surface area contributed by atoms with E-state index in [2.05, 4.69) is 30.6 Å². The molecule has 0 spiro atoms. The lowest BCUT2D eigenvalue weighted by Gasteiger charge is -2.23. The number of aliphatic imine (C=N–C) groups is 1. The number of halogens is 1. The molecule has 1 atom stereocenters. The third kappa shape index (κ3) is 8.64. The number of nitrogens with zero attached hydrogens (tertiary/aromatic N) is 2. The summed E-state index contributed by atoms with van der Waals surface area (Å²) in [6.45, 7) is 7.58. The van der Waals surface area contributed by atoms with Gasteiger partial charge >= 0.3 is 12.2 Å². The van der Waals surface area contributed by atoms with Gasteiger partial charge in [-0.3, -0.25) is 10.3 Å². The van der Waals surface area contributed by atoms with Gasteiger partial charge in [0.05, 0.1) is 13.2 Å². The molecule has 0 radical (unpaired) electrons. The molecule has 0 aliphatic carbocycles. The van der Waals surface area contributed by atoms with E-state index in [1.165, 1.54) is 7.11 Å². The molecule has 0 saturated carbocycles. The minimum atomic E-state index is -0.512. The molecule has 1 unspecified atom stereocenters. The molecule has 1 aromatic carbocycles. The maximum Gasteiger partial charge on any atom is 0.411 e. The van der Waals surface area contributed by atoms with Crippen LogP contribution in [0.25, 0.3) is 0 Å². The van der Waals surface area contributed by atoms with Crippen LogP contribution < -0.4 is 16.0 Å². The number of hydrogen-bond acceptors (Lipinski definition) is 5. The Balaban J connectivity index is 0.00000450. The summed E-state index contributed by atoms with van der Waals surface area (Å²) in [5.41, 5.74) is 1.20. The van der Waals surface area contributed by atoms with Gasteiger partial charge in [0.25, 0.3) is 0 Å². The van der Waals surface area contributed by atoms with Crippen LogP contribution in [-0.4, -0.2) is 61.9 Å². The Kier molecular flexibility index (Phi) is 10.2. The zero-order chi connectivity index (χ0) is 21.4. The van der Waals surface area contributed by atoms with Crippen LogP contribution in [0.3, 0.4) is 0 Å². The second-order valence-electron chi connectivity index (χ2n) is 7.79.